The Balaban J connectivity index is 1.22. The lowest BCUT2D eigenvalue weighted by Gasteiger charge is -2.16. The van der Waals surface area contributed by atoms with Gasteiger partial charge < -0.3 is 0 Å². The topological polar surface area (TPSA) is 36.7 Å². The molecule has 2 heteroatoms. The molecule has 0 atom stereocenters. The van der Waals surface area contributed by atoms with Gasteiger partial charge in [0.15, 0.2) is 0 Å². The quantitative estimate of drug-likeness (QED) is 0.188. The molecule has 220 valence electrons. The van der Waals surface area contributed by atoms with Crippen LogP contribution in [0.2, 0.25) is 0 Å². The molecule has 0 fully saturated rings. The molecule has 0 aliphatic heterocycles. The first-order valence-electron chi connectivity index (χ1n) is 16.3. The summed E-state index contributed by atoms with van der Waals surface area (Å²) in [4.78, 5) is 5.41. The van der Waals surface area contributed by atoms with Crippen molar-refractivity contribution in [3.63, 3.8) is 0 Å². The van der Waals surface area contributed by atoms with Crippen LogP contribution in [0.4, 0.5) is 0 Å². The highest BCUT2D eigenvalue weighted by Crippen LogP contribution is 2.42. The maximum Gasteiger partial charge on any atom is 0.0991 e. The fraction of sp³-hybridized carbons (Fsp3) is 0. The summed E-state index contributed by atoms with van der Waals surface area (Å²) < 4.78 is 0. The summed E-state index contributed by atoms with van der Waals surface area (Å²) in [5.74, 6) is 0. The van der Waals surface area contributed by atoms with E-state index in [0.717, 1.165) is 38.7 Å². The molecule has 10 aromatic rings. The Bertz CT molecular complexity index is 2930. The predicted molar refractivity (Wildman–Crippen MR) is 201 cm³/mol. The van der Waals surface area contributed by atoms with Gasteiger partial charge >= 0.3 is 0 Å². The van der Waals surface area contributed by atoms with E-state index < -0.39 is 0 Å². The molecule has 48 heavy (non-hydrogen) atoms. The van der Waals surface area contributed by atoms with Gasteiger partial charge in [0.1, 0.15) is 0 Å². The number of nitriles is 1. The summed E-state index contributed by atoms with van der Waals surface area (Å²) in [7, 11) is 0. The number of benzene rings is 9. The summed E-state index contributed by atoms with van der Waals surface area (Å²) in [5, 5.41) is 23.0. The maximum atomic E-state index is 9.32. The number of nitrogens with zero attached hydrogens (tertiary/aromatic N) is 2. The van der Waals surface area contributed by atoms with E-state index in [1.54, 1.807) is 0 Å². The van der Waals surface area contributed by atoms with Crippen LogP contribution in [0.1, 0.15) is 5.56 Å². The fourth-order valence-electron chi connectivity index (χ4n) is 7.73. The van der Waals surface area contributed by atoms with E-state index in [1.165, 1.54) is 59.6 Å². The molecule has 0 saturated heterocycles. The zero-order valence-corrected chi connectivity index (χ0v) is 25.9. The Morgan fingerprint density at radius 3 is 1.90 bits per heavy atom. The van der Waals surface area contributed by atoms with Crippen molar-refractivity contribution in [2.75, 3.05) is 0 Å². The molecule has 0 aliphatic carbocycles. The molecule has 0 bridgehead atoms. The molecule has 1 heterocycles. The molecule has 0 unspecified atom stereocenters. The predicted octanol–water partition coefficient (Wildman–Crippen LogP) is 12.3. The Kier molecular flexibility index (Phi) is 5.67. The van der Waals surface area contributed by atoms with Crippen molar-refractivity contribution in [1.82, 2.24) is 4.98 Å². The Labute approximate surface area is 277 Å². The molecule has 0 spiro atoms. The zero-order chi connectivity index (χ0) is 31.8. The average Bonchev–Trinajstić information content (AvgIpc) is 3.16. The molecule has 2 nitrogen and oxygen atoms in total. The largest absolute Gasteiger partial charge is 0.247 e. The molecular weight excluding hydrogens is 581 g/mol. The van der Waals surface area contributed by atoms with Gasteiger partial charge in [-0.2, -0.15) is 5.26 Å². The SMILES string of the molecule is N#Cc1ccc(-c2ccc3c(c2)nc(-c2cccc(-c4ccc5ccc6cccc7ccc4c5c67)c2)c2ccc4ccccc4c23)cc1. The third-order valence-electron chi connectivity index (χ3n) is 10.0. The van der Waals surface area contributed by atoms with Crippen LogP contribution in [0, 0.1) is 11.3 Å². The first-order chi connectivity index (χ1) is 23.7. The fourth-order valence-corrected chi connectivity index (χ4v) is 7.73. The van der Waals surface area contributed by atoms with Crippen LogP contribution in [0.5, 0.6) is 0 Å². The molecular formula is C46H26N2. The molecule has 0 radical (unpaired) electrons. The molecule has 9 aromatic carbocycles. The van der Waals surface area contributed by atoms with Crippen molar-refractivity contribution >= 4 is 64.8 Å². The minimum absolute atomic E-state index is 0.655. The summed E-state index contributed by atoms with van der Waals surface area (Å²) in [6.07, 6.45) is 0. The van der Waals surface area contributed by atoms with Gasteiger partial charge in [-0.15, -0.1) is 0 Å². The van der Waals surface area contributed by atoms with Crippen LogP contribution < -0.4 is 0 Å². The van der Waals surface area contributed by atoms with Crippen LogP contribution >= 0.6 is 0 Å². The normalized spacial score (nSPS) is 11.7. The lowest BCUT2D eigenvalue weighted by Crippen LogP contribution is -1.93. The number of rotatable bonds is 3. The van der Waals surface area contributed by atoms with Gasteiger partial charge in [0, 0.05) is 21.7 Å². The summed E-state index contributed by atoms with van der Waals surface area (Å²) in [5.41, 5.74) is 8.20. The first-order valence-corrected chi connectivity index (χ1v) is 16.3. The van der Waals surface area contributed by atoms with Crippen LogP contribution in [0.25, 0.3) is 98.3 Å². The highest BCUT2D eigenvalue weighted by molar-refractivity contribution is 6.26. The van der Waals surface area contributed by atoms with Crippen LogP contribution in [-0.4, -0.2) is 4.98 Å². The highest BCUT2D eigenvalue weighted by Gasteiger charge is 2.16. The second-order valence-corrected chi connectivity index (χ2v) is 12.6. The van der Waals surface area contributed by atoms with Gasteiger partial charge in [-0.1, -0.05) is 133 Å². The van der Waals surface area contributed by atoms with Crippen molar-refractivity contribution in [3.8, 4) is 39.6 Å². The second-order valence-electron chi connectivity index (χ2n) is 12.6. The van der Waals surface area contributed by atoms with Gasteiger partial charge in [-0.05, 0) is 89.6 Å². The number of hydrogen-bond donors (Lipinski definition) is 0. The van der Waals surface area contributed by atoms with E-state index in [2.05, 4.69) is 140 Å². The van der Waals surface area contributed by atoms with Crippen LogP contribution in [0.15, 0.2) is 158 Å². The molecule has 0 saturated carbocycles. The van der Waals surface area contributed by atoms with Crippen molar-refractivity contribution in [3.05, 3.63) is 163 Å². The minimum Gasteiger partial charge on any atom is -0.247 e. The van der Waals surface area contributed by atoms with Crippen LogP contribution in [0.3, 0.4) is 0 Å². The Morgan fingerprint density at radius 2 is 1.04 bits per heavy atom. The standard InChI is InChI=1S/C46H26N2/c47-27-28-11-13-29(14-12-28)34-20-23-40-42(26-34)48-46(41-24-17-30-5-1-2-10-38(30)45(40)41)36-9-4-8-35(25-36)37-21-18-33-16-15-31-6-3-7-32-19-22-39(37)44(33)43(31)32/h1-26H. The van der Waals surface area contributed by atoms with E-state index in [1.807, 2.05) is 24.3 Å². The van der Waals surface area contributed by atoms with Gasteiger partial charge in [0.05, 0.1) is 22.8 Å². The smallest absolute Gasteiger partial charge is 0.0991 e. The van der Waals surface area contributed by atoms with Crippen molar-refractivity contribution < 1.29 is 0 Å². The number of fused-ring (bicyclic) bond motifs is 5. The van der Waals surface area contributed by atoms with Gasteiger partial charge in [-0.3, -0.25) is 0 Å². The molecule has 0 N–H and O–H groups in total. The summed E-state index contributed by atoms with van der Waals surface area (Å²) in [6, 6.07) is 58.6. The monoisotopic (exact) mass is 606 g/mol. The van der Waals surface area contributed by atoms with Crippen molar-refractivity contribution in [2.45, 2.75) is 0 Å². The summed E-state index contributed by atoms with van der Waals surface area (Å²) in [6.45, 7) is 0. The lowest BCUT2D eigenvalue weighted by atomic mass is 9.89. The first kappa shape index (κ1) is 26.6. The van der Waals surface area contributed by atoms with Crippen molar-refractivity contribution in [1.29, 1.82) is 5.26 Å². The third-order valence-corrected chi connectivity index (χ3v) is 10.0. The van der Waals surface area contributed by atoms with Crippen LogP contribution in [-0.2, 0) is 0 Å². The van der Waals surface area contributed by atoms with Gasteiger partial charge in [-0.25, -0.2) is 4.98 Å². The second kappa shape index (κ2) is 10.2. The van der Waals surface area contributed by atoms with Gasteiger partial charge in [0.25, 0.3) is 0 Å². The molecule has 1 aromatic heterocycles. The third kappa shape index (κ3) is 3.95. The maximum absolute atomic E-state index is 9.32. The molecule has 0 amide bonds. The van der Waals surface area contributed by atoms with E-state index in [9.17, 15) is 5.26 Å². The molecule has 0 aliphatic rings. The summed E-state index contributed by atoms with van der Waals surface area (Å²) >= 11 is 0. The van der Waals surface area contributed by atoms with Crippen molar-refractivity contribution in [2.24, 2.45) is 0 Å². The Morgan fingerprint density at radius 1 is 0.396 bits per heavy atom. The number of pyridine rings is 1. The highest BCUT2D eigenvalue weighted by atomic mass is 14.7. The zero-order valence-electron chi connectivity index (χ0n) is 25.9. The Hall–Kier alpha value is -6.56. The minimum atomic E-state index is 0.655. The van der Waals surface area contributed by atoms with E-state index in [0.29, 0.717) is 5.56 Å². The van der Waals surface area contributed by atoms with E-state index in [4.69, 9.17) is 4.98 Å². The van der Waals surface area contributed by atoms with E-state index >= 15 is 0 Å². The molecule has 10 rings (SSSR count). The van der Waals surface area contributed by atoms with E-state index in [-0.39, 0.29) is 0 Å². The number of aromatic nitrogens is 1. The number of hydrogen-bond acceptors (Lipinski definition) is 2. The van der Waals surface area contributed by atoms with Gasteiger partial charge in [0.2, 0.25) is 0 Å². The lowest BCUT2D eigenvalue weighted by molar-refractivity contribution is 1.43. The average molecular weight is 607 g/mol.